The molecule has 1 heterocycles. The van der Waals surface area contributed by atoms with E-state index in [2.05, 4.69) is 24.9 Å². The summed E-state index contributed by atoms with van der Waals surface area (Å²) in [7, 11) is 2.00. The lowest BCUT2D eigenvalue weighted by Gasteiger charge is -1.97. The average Bonchev–Trinajstić information content (AvgIpc) is 2.44. The number of thiol groups is 1. The Hall–Kier alpha value is -0.600. The molecule has 68 valence electrons. The van der Waals surface area contributed by atoms with Crippen LogP contribution in [0, 0.1) is 0 Å². The van der Waals surface area contributed by atoms with Crippen molar-refractivity contribution in [1.82, 2.24) is 4.57 Å². The molecule has 0 saturated carbocycles. The molecule has 0 atom stereocenters. The van der Waals surface area contributed by atoms with Crippen molar-refractivity contribution in [2.45, 2.75) is 5.75 Å². The van der Waals surface area contributed by atoms with Crippen molar-refractivity contribution < 1.29 is 0 Å². The number of para-hydroxylation sites is 1. The number of fused-ring (bicyclic) bond motifs is 1. The van der Waals surface area contributed by atoms with E-state index in [1.807, 2.05) is 23.7 Å². The SMILES string of the molecule is Cn1cc(CS)c2cccc(Cl)c21. The molecule has 0 aliphatic rings. The molecule has 13 heavy (non-hydrogen) atoms. The van der Waals surface area contributed by atoms with E-state index in [9.17, 15) is 0 Å². The number of benzene rings is 1. The summed E-state index contributed by atoms with van der Waals surface area (Å²) in [5.41, 5.74) is 2.32. The lowest BCUT2D eigenvalue weighted by Crippen LogP contribution is -1.83. The van der Waals surface area contributed by atoms with E-state index in [4.69, 9.17) is 11.6 Å². The van der Waals surface area contributed by atoms with E-state index in [1.165, 1.54) is 10.9 Å². The number of nitrogens with zero attached hydrogens (tertiary/aromatic N) is 1. The van der Waals surface area contributed by atoms with Crippen LogP contribution < -0.4 is 0 Å². The molecule has 1 aromatic heterocycles. The third-order valence-electron chi connectivity index (χ3n) is 2.21. The second-order valence-corrected chi connectivity index (χ2v) is 3.78. The molecular weight excluding hydrogens is 202 g/mol. The van der Waals surface area contributed by atoms with Crippen LogP contribution in [0.1, 0.15) is 5.56 Å². The third-order valence-corrected chi connectivity index (χ3v) is 2.85. The number of hydrogen-bond acceptors (Lipinski definition) is 1. The Morgan fingerprint density at radius 1 is 1.46 bits per heavy atom. The van der Waals surface area contributed by atoms with Gasteiger partial charge in [0, 0.05) is 24.4 Å². The van der Waals surface area contributed by atoms with E-state index in [0.717, 1.165) is 16.3 Å². The zero-order chi connectivity index (χ0) is 9.42. The van der Waals surface area contributed by atoms with E-state index in [0.29, 0.717) is 0 Å². The predicted octanol–water partition coefficient (Wildman–Crippen LogP) is 3.26. The highest BCUT2D eigenvalue weighted by molar-refractivity contribution is 7.79. The summed E-state index contributed by atoms with van der Waals surface area (Å²) in [4.78, 5) is 0. The van der Waals surface area contributed by atoms with Gasteiger partial charge in [-0.2, -0.15) is 12.6 Å². The maximum absolute atomic E-state index is 6.09. The Balaban J connectivity index is 2.87. The van der Waals surface area contributed by atoms with Crippen LogP contribution in [0.15, 0.2) is 24.4 Å². The van der Waals surface area contributed by atoms with Crippen molar-refractivity contribution in [3.63, 3.8) is 0 Å². The Morgan fingerprint density at radius 3 is 2.92 bits per heavy atom. The summed E-state index contributed by atoms with van der Waals surface area (Å²) in [5.74, 6) is 0.748. The smallest absolute Gasteiger partial charge is 0.0670 e. The van der Waals surface area contributed by atoms with Crippen LogP contribution in [-0.4, -0.2) is 4.57 Å². The Kier molecular flexibility index (Phi) is 2.26. The summed E-state index contributed by atoms with van der Waals surface area (Å²) in [6.45, 7) is 0. The number of halogens is 1. The van der Waals surface area contributed by atoms with Crippen LogP contribution >= 0.6 is 24.2 Å². The summed E-state index contributed by atoms with van der Waals surface area (Å²) >= 11 is 10.4. The van der Waals surface area contributed by atoms with Gasteiger partial charge >= 0.3 is 0 Å². The highest BCUT2D eigenvalue weighted by atomic mass is 35.5. The first-order valence-electron chi connectivity index (χ1n) is 4.07. The molecule has 0 bridgehead atoms. The van der Waals surface area contributed by atoms with Crippen LogP contribution in [0.25, 0.3) is 10.9 Å². The van der Waals surface area contributed by atoms with Gasteiger partial charge in [-0.3, -0.25) is 0 Å². The van der Waals surface area contributed by atoms with Gasteiger partial charge in [0.05, 0.1) is 10.5 Å². The van der Waals surface area contributed by atoms with Crippen molar-refractivity contribution in [3.05, 3.63) is 35.0 Å². The van der Waals surface area contributed by atoms with Crippen molar-refractivity contribution in [2.75, 3.05) is 0 Å². The molecule has 0 aliphatic carbocycles. The lowest BCUT2D eigenvalue weighted by atomic mass is 10.2. The van der Waals surface area contributed by atoms with Crippen molar-refractivity contribution >= 4 is 35.1 Å². The lowest BCUT2D eigenvalue weighted by molar-refractivity contribution is 0.963. The number of rotatable bonds is 1. The Bertz CT molecular complexity index is 447. The third kappa shape index (κ3) is 1.34. The Morgan fingerprint density at radius 2 is 2.23 bits per heavy atom. The maximum Gasteiger partial charge on any atom is 0.0670 e. The second-order valence-electron chi connectivity index (χ2n) is 3.06. The second kappa shape index (κ2) is 3.28. The standard InChI is InChI=1S/C10H10ClNS/c1-12-5-7(6-13)8-3-2-4-9(11)10(8)12/h2-5,13H,6H2,1H3. The molecule has 3 heteroatoms. The molecule has 0 saturated heterocycles. The quantitative estimate of drug-likeness (QED) is 0.691. The fraction of sp³-hybridized carbons (Fsp3) is 0.200. The number of hydrogen-bond donors (Lipinski definition) is 1. The molecular formula is C10H10ClNS. The predicted molar refractivity (Wildman–Crippen MR) is 60.6 cm³/mol. The van der Waals surface area contributed by atoms with Gasteiger partial charge in [0.15, 0.2) is 0 Å². The van der Waals surface area contributed by atoms with Crippen LogP contribution in [0.3, 0.4) is 0 Å². The summed E-state index contributed by atoms with van der Waals surface area (Å²) in [6.07, 6.45) is 2.07. The molecule has 0 unspecified atom stereocenters. The van der Waals surface area contributed by atoms with Crippen LogP contribution in [0.5, 0.6) is 0 Å². The summed E-state index contributed by atoms with van der Waals surface area (Å²) in [6, 6.07) is 5.95. The first-order chi connectivity index (χ1) is 6.24. The normalized spacial score (nSPS) is 11.0. The molecule has 0 amide bonds. The topological polar surface area (TPSA) is 4.93 Å². The maximum atomic E-state index is 6.09. The fourth-order valence-electron chi connectivity index (χ4n) is 1.63. The van der Waals surface area contributed by atoms with E-state index in [-0.39, 0.29) is 0 Å². The van der Waals surface area contributed by atoms with Crippen LogP contribution in [-0.2, 0) is 12.8 Å². The minimum atomic E-state index is 0.748. The van der Waals surface area contributed by atoms with Crippen molar-refractivity contribution in [2.24, 2.45) is 7.05 Å². The molecule has 0 fully saturated rings. The number of aromatic nitrogens is 1. The largest absolute Gasteiger partial charge is 0.349 e. The van der Waals surface area contributed by atoms with E-state index >= 15 is 0 Å². The van der Waals surface area contributed by atoms with Crippen LogP contribution in [0.4, 0.5) is 0 Å². The van der Waals surface area contributed by atoms with Gasteiger partial charge < -0.3 is 4.57 Å². The highest BCUT2D eigenvalue weighted by Crippen LogP contribution is 2.27. The molecule has 0 N–H and O–H groups in total. The van der Waals surface area contributed by atoms with Gasteiger partial charge in [0.1, 0.15) is 0 Å². The molecule has 1 aromatic carbocycles. The van der Waals surface area contributed by atoms with Gasteiger partial charge in [-0.05, 0) is 11.6 Å². The van der Waals surface area contributed by atoms with Gasteiger partial charge in [-0.15, -0.1) is 0 Å². The summed E-state index contributed by atoms with van der Waals surface area (Å²) < 4.78 is 2.04. The zero-order valence-electron chi connectivity index (χ0n) is 7.29. The van der Waals surface area contributed by atoms with Gasteiger partial charge in [-0.1, -0.05) is 23.7 Å². The fourth-order valence-corrected chi connectivity index (χ4v) is 2.19. The van der Waals surface area contributed by atoms with Crippen LogP contribution in [0.2, 0.25) is 5.02 Å². The monoisotopic (exact) mass is 211 g/mol. The van der Waals surface area contributed by atoms with Crippen molar-refractivity contribution in [3.8, 4) is 0 Å². The van der Waals surface area contributed by atoms with Gasteiger partial charge in [0.2, 0.25) is 0 Å². The molecule has 2 rings (SSSR count). The van der Waals surface area contributed by atoms with Gasteiger partial charge in [-0.25, -0.2) is 0 Å². The first-order valence-corrected chi connectivity index (χ1v) is 5.08. The van der Waals surface area contributed by atoms with E-state index in [1.54, 1.807) is 0 Å². The first kappa shape index (κ1) is 8.97. The minimum Gasteiger partial charge on any atom is -0.349 e. The average molecular weight is 212 g/mol. The zero-order valence-corrected chi connectivity index (χ0v) is 8.94. The van der Waals surface area contributed by atoms with Gasteiger partial charge in [0.25, 0.3) is 0 Å². The molecule has 0 aliphatic heterocycles. The Labute approximate surface area is 87.7 Å². The number of aryl methyl sites for hydroxylation is 1. The molecule has 2 aromatic rings. The molecule has 0 radical (unpaired) electrons. The molecule has 1 nitrogen and oxygen atoms in total. The van der Waals surface area contributed by atoms with Crippen molar-refractivity contribution in [1.29, 1.82) is 0 Å². The minimum absolute atomic E-state index is 0.748. The van der Waals surface area contributed by atoms with E-state index < -0.39 is 0 Å². The highest BCUT2D eigenvalue weighted by Gasteiger charge is 2.07. The molecule has 0 spiro atoms. The summed E-state index contributed by atoms with van der Waals surface area (Å²) in [5, 5.41) is 2.00.